The number of aromatic nitrogens is 1. The molecule has 0 aromatic carbocycles. The summed E-state index contributed by atoms with van der Waals surface area (Å²) in [6.45, 7) is 2.05. The Morgan fingerprint density at radius 1 is 1.35 bits per heavy atom. The minimum atomic E-state index is 0.205. The second-order valence-corrected chi connectivity index (χ2v) is 4.00. The number of nitrogens with zero attached hydrogens (tertiary/aromatic N) is 1. The number of pyridine rings is 1. The van der Waals surface area contributed by atoms with Crippen molar-refractivity contribution in [1.82, 2.24) is 4.98 Å². The molecule has 2 heterocycles. The summed E-state index contributed by atoms with van der Waals surface area (Å²) in [6.07, 6.45) is 2.46. The van der Waals surface area contributed by atoms with Gasteiger partial charge in [-0.1, -0.05) is 0 Å². The van der Waals surface area contributed by atoms with E-state index in [9.17, 15) is 0 Å². The summed E-state index contributed by atoms with van der Waals surface area (Å²) in [7, 11) is 0. The first-order valence-electron chi connectivity index (χ1n) is 5.46. The molecule has 17 heavy (non-hydrogen) atoms. The molecule has 5 N–H and O–H groups in total. The van der Waals surface area contributed by atoms with Gasteiger partial charge in [-0.05, 0) is 31.2 Å². The number of hydrogen-bond donors (Lipinski definition) is 3. The number of rotatable bonds is 4. The van der Waals surface area contributed by atoms with Crippen LogP contribution in [-0.2, 0) is 6.42 Å². The van der Waals surface area contributed by atoms with Gasteiger partial charge in [-0.25, -0.2) is 4.98 Å². The van der Waals surface area contributed by atoms with E-state index in [2.05, 4.69) is 17.2 Å². The molecule has 2 aromatic heterocycles. The SMILES string of the molecule is CC(Cc1ccco1)Nc1ccc(N)c(N)n1. The van der Waals surface area contributed by atoms with Crippen LogP contribution in [0.2, 0.25) is 0 Å². The third-order valence-electron chi connectivity index (χ3n) is 2.44. The fraction of sp³-hybridized carbons (Fsp3) is 0.250. The predicted molar refractivity (Wildman–Crippen MR) is 68.6 cm³/mol. The highest BCUT2D eigenvalue weighted by molar-refractivity contribution is 5.61. The molecule has 5 heteroatoms. The van der Waals surface area contributed by atoms with Crippen LogP contribution in [0.1, 0.15) is 12.7 Å². The third kappa shape index (κ3) is 2.90. The molecule has 0 radical (unpaired) electrons. The number of hydrogen-bond acceptors (Lipinski definition) is 5. The lowest BCUT2D eigenvalue weighted by atomic mass is 10.2. The van der Waals surface area contributed by atoms with Crippen LogP contribution in [0.15, 0.2) is 34.9 Å². The van der Waals surface area contributed by atoms with Crippen molar-refractivity contribution in [1.29, 1.82) is 0 Å². The van der Waals surface area contributed by atoms with Crippen molar-refractivity contribution in [2.75, 3.05) is 16.8 Å². The van der Waals surface area contributed by atoms with Gasteiger partial charge in [-0.15, -0.1) is 0 Å². The molecule has 0 saturated carbocycles. The molecule has 0 amide bonds. The monoisotopic (exact) mass is 232 g/mol. The van der Waals surface area contributed by atoms with E-state index in [0.29, 0.717) is 11.5 Å². The summed E-state index contributed by atoms with van der Waals surface area (Å²) in [6, 6.07) is 7.58. The Balaban J connectivity index is 1.98. The Labute approximate surface area is 99.8 Å². The fourth-order valence-electron chi connectivity index (χ4n) is 1.60. The smallest absolute Gasteiger partial charge is 0.149 e. The van der Waals surface area contributed by atoms with Crippen molar-refractivity contribution in [3.8, 4) is 0 Å². The Bertz CT molecular complexity index is 481. The van der Waals surface area contributed by atoms with E-state index in [0.717, 1.165) is 18.0 Å². The molecule has 0 bridgehead atoms. The van der Waals surface area contributed by atoms with E-state index in [4.69, 9.17) is 15.9 Å². The largest absolute Gasteiger partial charge is 0.469 e. The van der Waals surface area contributed by atoms with Crippen molar-refractivity contribution in [3.63, 3.8) is 0 Å². The lowest BCUT2D eigenvalue weighted by Gasteiger charge is -2.13. The maximum absolute atomic E-state index is 5.64. The predicted octanol–water partition coefficient (Wildman–Crippen LogP) is 1.88. The zero-order valence-electron chi connectivity index (χ0n) is 9.68. The second kappa shape index (κ2) is 4.78. The third-order valence-corrected chi connectivity index (χ3v) is 2.44. The highest BCUT2D eigenvalue weighted by Crippen LogP contribution is 2.16. The number of nitrogens with two attached hydrogens (primary N) is 2. The van der Waals surface area contributed by atoms with E-state index in [1.165, 1.54) is 0 Å². The highest BCUT2D eigenvalue weighted by atomic mass is 16.3. The molecule has 0 spiro atoms. The Morgan fingerprint density at radius 2 is 2.18 bits per heavy atom. The molecule has 0 saturated heterocycles. The molecule has 90 valence electrons. The van der Waals surface area contributed by atoms with Gasteiger partial charge in [0.2, 0.25) is 0 Å². The Kier molecular flexibility index (Phi) is 3.18. The average molecular weight is 232 g/mol. The molecular weight excluding hydrogens is 216 g/mol. The quantitative estimate of drug-likeness (QED) is 0.748. The number of nitrogen functional groups attached to an aromatic ring is 2. The second-order valence-electron chi connectivity index (χ2n) is 4.00. The van der Waals surface area contributed by atoms with Gasteiger partial charge in [-0.3, -0.25) is 0 Å². The molecule has 0 aliphatic rings. The number of anilines is 3. The lowest BCUT2D eigenvalue weighted by Crippen LogP contribution is -2.19. The molecule has 5 nitrogen and oxygen atoms in total. The normalized spacial score (nSPS) is 12.3. The van der Waals surface area contributed by atoms with Gasteiger partial charge in [0, 0.05) is 12.5 Å². The van der Waals surface area contributed by atoms with E-state index in [1.807, 2.05) is 18.2 Å². The summed E-state index contributed by atoms with van der Waals surface area (Å²) >= 11 is 0. The van der Waals surface area contributed by atoms with Gasteiger partial charge in [0.1, 0.15) is 17.4 Å². The molecule has 1 atom stereocenters. The average Bonchev–Trinajstić information content (AvgIpc) is 2.76. The van der Waals surface area contributed by atoms with Gasteiger partial charge in [0.25, 0.3) is 0 Å². The summed E-state index contributed by atoms with van der Waals surface area (Å²) in [5.41, 5.74) is 11.7. The molecule has 0 aliphatic heterocycles. The van der Waals surface area contributed by atoms with Crippen molar-refractivity contribution in [3.05, 3.63) is 36.3 Å². The first kappa shape index (κ1) is 11.3. The van der Waals surface area contributed by atoms with Gasteiger partial charge < -0.3 is 21.2 Å². The molecule has 2 rings (SSSR count). The van der Waals surface area contributed by atoms with Crippen molar-refractivity contribution < 1.29 is 4.42 Å². The van der Waals surface area contributed by atoms with Crippen LogP contribution in [0, 0.1) is 0 Å². The fourth-order valence-corrected chi connectivity index (χ4v) is 1.60. The first-order valence-corrected chi connectivity index (χ1v) is 5.46. The van der Waals surface area contributed by atoms with Crippen LogP contribution in [0.5, 0.6) is 0 Å². The van der Waals surface area contributed by atoms with Crippen LogP contribution in [0.25, 0.3) is 0 Å². The molecule has 0 fully saturated rings. The maximum Gasteiger partial charge on any atom is 0.149 e. The van der Waals surface area contributed by atoms with Crippen LogP contribution < -0.4 is 16.8 Å². The summed E-state index contributed by atoms with van der Waals surface area (Å²) < 4.78 is 5.28. The van der Waals surface area contributed by atoms with Gasteiger partial charge >= 0.3 is 0 Å². The van der Waals surface area contributed by atoms with Crippen LogP contribution in [0.4, 0.5) is 17.3 Å². The zero-order valence-corrected chi connectivity index (χ0v) is 9.68. The zero-order chi connectivity index (χ0) is 12.3. The summed E-state index contributed by atoms with van der Waals surface area (Å²) in [5.74, 6) is 2.00. The Hall–Kier alpha value is -2.17. The van der Waals surface area contributed by atoms with Crippen LogP contribution >= 0.6 is 0 Å². The van der Waals surface area contributed by atoms with Crippen molar-refractivity contribution in [2.45, 2.75) is 19.4 Å². The van der Waals surface area contributed by atoms with Gasteiger partial charge in [-0.2, -0.15) is 0 Å². The highest BCUT2D eigenvalue weighted by Gasteiger charge is 2.07. The van der Waals surface area contributed by atoms with Crippen LogP contribution in [0.3, 0.4) is 0 Å². The first-order chi connectivity index (χ1) is 8.15. The van der Waals surface area contributed by atoms with Crippen LogP contribution in [-0.4, -0.2) is 11.0 Å². The molecule has 0 aliphatic carbocycles. The maximum atomic E-state index is 5.64. The topological polar surface area (TPSA) is 90.1 Å². The number of furan rings is 1. The molecule has 1 unspecified atom stereocenters. The summed E-state index contributed by atoms with van der Waals surface area (Å²) in [5, 5.41) is 3.24. The van der Waals surface area contributed by atoms with E-state index in [1.54, 1.807) is 12.3 Å². The standard InChI is InChI=1S/C12H16N4O/c1-8(7-9-3-2-6-17-9)15-11-5-4-10(13)12(14)16-11/h2-6,8H,7,13H2,1H3,(H3,14,15,16). The summed E-state index contributed by atoms with van der Waals surface area (Å²) in [4.78, 5) is 4.15. The van der Waals surface area contributed by atoms with E-state index >= 15 is 0 Å². The lowest BCUT2D eigenvalue weighted by molar-refractivity contribution is 0.497. The van der Waals surface area contributed by atoms with Gasteiger partial charge in [0.05, 0.1) is 12.0 Å². The molecule has 2 aromatic rings. The number of nitrogens with one attached hydrogen (secondary N) is 1. The van der Waals surface area contributed by atoms with E-state index in [-0.39, 0.29) is 6.04 Å². The minimum absolute atomic E-state index is 0.205. The van der Waals surface area contributed by atoms with Gasteiger partial charge in [0.15, 0.2) is 0 Å². The molecular formula is C12H16N4O. The Morgan fingerprint density at radius 3 is 2.82 bits per heavy atom. The minimum Gasteiger partial charge on any atom is -0.469 e. The van der Waals surface area contributed by atoms with Crippen molar-refractivity contribution >= 4 is 17.3 Å². The van der Waals surface area contributed by atoms with Crippen molar-refractivity contribution in [2.24, 2.45) is 0 Å². The van der Waals surface area contributed by atoms with E-state index < -0.39 is 0 Å².